The van der Waals surface area contributed by atoms with Gasteiger partial charge in [0, 0.05) is 5.66 Å². The Labute approximate surface area is 143 Å². The maximum atomic E-state index is 6.06. The number of fused-ring (bicyclic) bond motifs is 1. The van der Waals surface area contributed by atoms with Crippen LogP contribution in [0.2, 0.25) is 0 Å². The normalized spacial score (nSPS) is 16.8. The molecule has 0 saturated carbocycles. The molecule has 23 heavy (non-hydrogen) atoms. The molecule has 1 aliphatic heterocycles. The Morgan fingerprint density at radius 2 is 1.39 bits per heavy atom. The minimum absolute atomic E-state index is 0.541. The summed E-state index contributed by atoms with van der Waals surface area (Å²) in [6, 6.07) is 8.47. The van der Waals surface area contributed by atoms with Crippen LogP contribution in [0.1, 0.15) is 82.8 Å². The molecule has 0 spiro atoms. The molecule has 1 atom stereocenters. The second kappa shape index (κ2) is 11.2. The summed E-state index contributed by atoms with van der Waals surface area (Å²) in [7, 11) is -0.738. The molecule has 0 N–H and O–H groups in total. The van der Waals surface area contributed by atoms with Gasteiger partial charge >= 0.3 is 0 Å². The molecule has 1 heterocycles. The molecule has 2 rings (SSSR count). The predicted molar refractivity (Wildman–Crippen MR) is 99.6 cm³/mol. The van der Waals surface area contributed by atoms with Gasteiger partial charge in [-0.2, -0.15) is 0 Å². The third-order valence-corrected chi connectivity index (χ3v) is 6.39. The first-order valence-corrected chi connectivity index (χ1v) is 10.7. The maximum absolute atomic E-state index is 6.06. The summed E-state index contributed by atoms with van der Waals surface area (Å²) in [5.74, 6) is 0. The van der Waals surface area contributed by atoms with Gasteiger partial charge in [-0.1, -0.05) is 89.5 Å². The minimum Gasteiger partial charge on any atom is -0.329 e. The molecule has 0 aliphatic carbocycles. The van der Waals surface area contributed by atoms with E-state index in [-0.39, 0.29) is 0 Å². The Hall–Kier alpha value is -0.430. The summed E-state index contributed by atoms with van der Waals surface area (Å²) in [6.45, 7) is 6.00. The highest BCUT2D eigenvalue weighted by Crippen LogP contribution is 2.49. The van der Waals surface area contributed by atoms with Gasteiger partial charge < -0.3 is 9.05 Å². The summed E-state index contributed by atoms with van der Waals surface area (Å²) in [6.07, 6.45) is 12.3. The standard InChI is InChI=1S/C20H33O2P/c1-3-4-5-6-7-8-9-10-13-18(2)23-21-16-19-14-11-12-15-20(19)17-22-23/h11-12,14-15,18H,3-10,13,16-17H2,1-2H3. The van der Waals surface area contributed by atoms with Gasteiger partial charge in [0.2, 0.25) is 0 Å². The average Bonchev–Trinajstić information content (AvgIpc) is 2.80. The Balaban J connectivity index is 1.58. The second-order valence-corrected chi connectivity index (χ2v) is 8.68. The van der Waals surface area contributed by atoms with E-state index >= 15 is 0 Å². The van der Waals surface area contributed by atoms with E-state index in [2.05, 4.69) is 38.1 Å². The van der Waals surface area contributed by atoms with Crippen LogP contribution in [0.4, 0.5) is 0 Å². The Morgan fingerprint density at radius 3 is 1.96 bits per heavy atom. The molecule has 1 aromatic carbocycles. The highest BCUT2D eigenvalue weighted by Gasteiger charge is 2.23. The van der Waals surface area contributed by atoms with Crippen molar-refractivity contribution in [1.29, 1.82) is 0 Å². The molecule has 2 nitrogen and oxygen atoms in total. The molecule has 0 bridgehead atoms. The van der Waals surface area contributed by atoms with Crippen molar-refractivity contribution in [2.24, 2.45) is 0 Å². The highest BCUT2D eigenvalue weighted by molar-refractivity contribution is 7.48. The molecular formula is C20H33O2P. The lowest BCUT2D eigenvalue weighted by Gasteiger charge is -2.21. The zero-order valence-electron chi connectivity index (χ0n) is 14.9. The molecular weight excluding hydrogens is 303 g/mol. The monoisotopic (exact) mass is 336 g/mol. The van der Waals surface area contributed by atoms with Gasteiger partial charge in [0.1, 0.15) is 0 Å². The van der Waals surface area contributed by atoms with E-state index in [0.29, 0.717) is 18.9 Å². The van der Waals surface area contributed by atoms with Crippen molar-refractivity contribution in [2.45, 2.75) is 90.5 Å². The van der Waals surface area contributed by atoms with Gasteiger partial charge in [0.05, 0.1) is 13.2 Å². The summed E-state index contributed by atoms with van der Waals surface area (Å²) in [5, 5.41) is 0. The number of benzene rings is 1. The van der Waals surface area contributed by atoms with Crippen molar-refractivity contribution in [3.8, 4) is 0 Å². The van der Waals surface area contributed by atoms with Gasteiger partial charge in [-0.05, 0) is 17.5 Å². The number of rotatable bonds is 10. The van der Waals surface area contributed by atoms with E-state index in [1.165, 1.54) is 68.9 Å². The van der Waals surface area contributed by atoms with E-state index in [1.807, 2.05) is 0 Å². The summed E-state index contributed by atoms with van der Waals surface area (Å²) >= 11 is 0. The number of unbranched alkanes of at least 4 members (excludes halogenated alkanes) is 7. The number of hydrogen-bond donors (Lipinski definition) is 0. The van der Waals surface area contributed by atoms with Crippen LogP contribution in [0.3, 0.4) is 0 Å². The first-order valence-electron chi connectivity index (χ1n) is 9.43. The number of hydrogen-bond acceptors (Lipinski definition) is 2. The summed E-state index contributed by atoms with van der Waals surface area (Å²) in [4.78, 5) is 0. The van der Waals surface area contributed by atoms with Crippen LogP contribution < -0.4 is 0 Å². The Kier molecular flexibility index (Phi) is 9.19. The van der Waals surface area contributed by atoms with E-state index < -0.39 is 8.38 Å². The van der Waals surface area contributed by atoms with E-state index in [0.717, 1.165) is 0 Å². The fourth-order valence-corrected chi connectivity index (χ4v) is 4.59. The molecule has 0 aromatic heterocycles. The predicted octanol–water partition coefficient (Wildman–Crippen LogP) is 6.96. The van der Waals surface area contributed by atoms with Crippen LogP contribution in [0.15, 0.2) is 24.3 Å². The lowest BCUT2D eigenvalue weighted by molar-refractivity contribution is 0.247. The average molecular weight is 336 g/mol. The van der Waals surface area contributed by atoms with Crippen molar-refractivity contribution >= 4 is 8.38 Å². The molecule has 1 aromatic rings. The summed E-state index contributed by atoms with van der Waals surface area (Å²) in [5.41, 5.74) is 3.12. The molecule has 0 saturated heterocycles. The Morgan fingerprint density at radius 1 is 0.870 bits per heavy atom. The fourth-order valence-electron chi connectivity index (χ4n) is 3.08. The molecule has 0 fully saturated rings. The maximum Gasteiger partial charge on any atom is 0.174 e. The van der Waals surface area contributed by atoms with Gasteiger partial charge in [0.25, 0.3) is 0 Å². The van der Waals surface area contributed by atoms with Crippen molar-refractivity contribution in [1.82, 2.24) is 0 Å². The molecule has 0 radical (unpaired) electrons. The largest absolute Gasteiger partial charge is 0.329 e. The SMILES string of the molecule is CCCCCCCCCCC(C)P1OCc2ccccc2CO1. The van der Waals surface area contributed by atoms with E-state index in [9.17, 15) is 0 Å². The van der Waals surface area contributed by atoms with Crippen molar-refractivity contribution in [2.75, 3.05) is 0 Å². The lowest BCUT2D eigenvalue weighted by atomic mass is 10.1. The van der Waals surface area contributed by atoms with Gasteiger partial charge in [-0.25, -0.2) is 0 Å². The zero-order chi connectivity index (χ0) is 16.3. The van der Waals surface area contributed by atoms with Crippen molar-refractivity contribution < 1.29 is 9.05 Å². The van der Waals surface area contributed by atoms with Crippen LogP contribution in [0.25, 0.3) is 0 Å². The van der Waals surface area contributed by atoms with Gasteiger partial charge in [-0.15, -0.1) is 0 Å². The van der Waals surface area contributed by atoms with Crippen molar-refractivity contribution in [3.05, 3.63) is 35.4 Å². The minimum atomic E-state index is -0.738. The lowest BCUT2D eigenvalue weighted by Crippen LogP contribution is -2.03. The molecule has 1 unspecified atom stereocenters. The highest BCUT2D eigenvalue weighted by atomic mass is 31.2. The Bertz CT molecular complexity index is 408. The van der Waals surface area contributed by atoms with Crippen LogP contribution in [0, 0.1) is 0 Å². The third-order valence-electron chi connectivity index (χ3n) is 4.65. The van der Waals surface area contributed by atoms with Gasteiger partial charge in [-0.3, -0.25) is 0 Å². The zero-order valence-corrected chi connectivity index (χ0v) is 15.8. The van der Waals surface area contributed by atoms with E-state index in [1.54, 1.807) is 0 Å². The third kappa shape index (κ3) is 6.91. The summed E-state index contributed by atoms with van der Waals surface area (Å²) < 4.78 is 12.1. The first-order chi connectivity index (χ1) is 11.3. The van der Waals surface area contributed by atoms with Crippen molar-refractivity contribution in [3.63, 3.8) is 0 Å². The fraction of sp³-hybridized carbons (Fsp3) is 0.700. The molecule has 130 valence electrons. The van der Waals surface area contributed by atoms with Gasteiger partial charge in [0.15, 0.2) is 8.38 Å². The smallest absolute Gasteiger partial charge is 0.174 e. The topological polar surface area (TPSA) is 18.5 Å². The first kappa shape index (κ1) is 18.9. The molecule has 0 amide bonds. The van der Waals surface area contributed by atoms with Crippen LogP contribution in [-0.4, -0.2) is 5.66 Å². The second-order valence-electron chi connectivity index (χ2n) is 6.71. The van der Waals surface area contributed by atoms with E-state index in [4.69, 9.17) is 9.05 Å². The van der Waals surface area contributed by atoms with Crippen LogP contribution in [-0.2, 0) is 22.3 Å². The molecule has 3 heteroatoms. The molecule has 1 aliphatic rings. The quantitative estimate of drug-likeness (QED) is 0.339. The van der Waals surface area contributed by atoms with Crippen LogP contribution >= 0.6 is 8.38 Å². The van der Waals surface area contributed by atoms with Crippen LogP contribution in [0.5, 0.6) is 0 Å².